The van der Waals surface area contributed by atoms with Gasteiger partial charge >= 0.3 is 7.69 Å². The Labute approximate surface area is 126 Å². The Hall–Kier alpha value is -1.78. The molecule has 0 amide bonds. The van der Waals surface area contributed by atoms with Gasteiger partial charge in [-0.05, 0) is 56.0 Å². The van der Waals surface area contributed by atoms with Crippen molar-refractivity contribution >= 4 is 34.4 Å². The maximum absolute atomic E-state index is 8.74. The van der Waals surface area contributed by atoms with Crippen LogP contribution in [-0.4, -0.2) is 12.7 Å². The summed E-state index contributed by atoms with van der Waals surface area (Å²) in [6.45, 7) is 0. The molecule has 0 aliphatic heterocycles. The molecule has 20 heavy (non-hydrogen) atoms. The highest BCUT2D eigenvalue weighted by Crippen LogP contribution is 2.32. The van der Waals surface area contributed by atoms with E-state index in [1.54, 1.807) is 0 Å². The molecule has 0 atom stereocenters. The van der Waals surface area contributed by atoms with Crippen molar-refractivity contribution in [2.75, 3.05) is 0 Å². The Balaban J connectivity index is 2.10. The molecule has 3 aromatic carbocycles. The SMILES string of the molecule is O[B]Oc1cc2ccc(-c3ccccc3)cc2cc1Br. The molecule has 0 aromatic heterocycles. The summed E-state index contributed by atoms with van der Waals surface area (Å²) in [5.41, 5.74) is 2.36. The molecule has 3 rings (SSSR count). The Morgan fingerprint density at radius 1 is 0.850 bits per heavy atom. The van der Waals surface area contributed by atoms with Crippen molar-refractivity contribution < 1.29 is 9.68 Å². The van der Waals surface area contributed by atoms with Crippen molar-refractivity contribution in [2.45, 2.75) is 0 Å². The van der Waals surface area contributed by atoms with E-state index < -0.39 is 0 Å². The van der Waals surface area contributed by atoms with Gasteiger partial charge in [0.2, 0.25) is 0 Å². The lowest BCUT2D eigenvalue weighted by atomic mass is 10.0. The largest absolute Gasteiger partial charge is 0.569 e. The second-order valence-corrected chi connectivity index (χ2v) is 5.29. The first kappa shape index (κ1) is 13.2. The fourth-order valence-electron chi connectivity index (χ4n) is 2.21. The van der Waals surface area contributed by atoms with E-state index in [1.807, 2.05) is 36.4 Å². The van der Waals surface area contributed by atoms with Crippen LogP contribution in [0.4, 0.5) is 0 Å². The summed E-state index contributed by atoms with van der Waals surface area (Å²) < 4.78 is 5.85. The fraction of sp³-hybridized carbons (Fsp3) is 0. The zero-order valence-electron chi connectivity index (χ0n) is 10.6. The van der Waals surface area contributed by atoms with Gasteiger partial charge < -0.3 is 9.68 Å². The van der Waals surface area contributed by atoms with E-state index in [9.17, 15) is 0 Å². The lowest BCUT2D eigenvalue weighted by Crippen LogP contribution is -2.00. The zero-order valence-corrected chi connectivity index (χ0v) is 12.2. The first-order chi connectivity index (χ1) is 9.78. The summed E-state index contributed by atoms with van der Waals surface area (Å²) in [6.07, 6.45) is 0. The molecule has 4 heteroatoms. The van der Waals surface area contributed by atoms with E-state index in [4.69, 9.17) is 9.68 Å². The lowest BCUT2D eigenvalue weighted by molar-refractivity contribution is 0.452. The van der Waals surface area contributed by atoms with E-state index in [0.29, 0.717) is 13.4 Å². The summed E-state index contributed by atoms with van der Waals surface area (Å²) in [6, 6.07) is 20.4. The Morgan fingerprint density at radius 2 is 1.65 bits per heavy atom. The minimum absolute atomic E-state index is 0.590. The van der Waals surface area contributed by atoms with Gasteiger partial charge in [-0.25, -0.2) is 0 Å². The van der Waals surface area contributed by atoms with Gasteiger partial charge in [0.25, 0.3) is 0 Å². The molecule has 0 aliphatic carbocycles. The van der Waals surface area contributed by atoms with Gasteiger partial charge in [-0.3, -0.25) is 0 Å². The number of hydrogen-bond donors (Lipinski definition) is 1. The molecule has 97 valence electrons. The molecule has 1 radical (unpaired) electrons. The minimum atomic E-state index is 0.590. The number of hydrogen-bond acceptors (Lipinski definition) is 2. The van der Waals surface area contributed by atoms with Crippen molar-refractivity contribution in [1.29, 1.82) is 0 Å². The van der Waals surface area contributed by atoms with Crippen LogP contribution in [0.25, 0.3) is 21.9 Å². The molecule has 0 bridgehead atoms. The van der Waals surface area contributed by atoms with Crippen molar-refractivity contribution in [3.63, 3.8) is 0 Å². The zero-order chi connectivity index (χ0) is 13.9. The van der Waals surface area contributed by atoms with Crippen LogP contribution in [0, 0.1) is 0 Å². The summed E-state index contributed by atoms with van der Waals surface area (Å²) in [5.74, 6) is 0.590. The molecule has 0 heterocycles. The van der Waals surface area contributed by atoms with Gasteiger partial charge in [0.15, 0.2) is 0 Å². The van der Waals surface area contributed by atoms with Crippen molar-refractivity contribution in [3.8, 4) is 16.9 Å². The van der Waals surface area contributed by atoms with E-state index in [2.05, 4.69) is 40.2 Å². The Morgan fingerprint density at radius 3 is 2.40 bits per heavy atom. The van der Waals surface area contributed by atoms with Crippen LogP contribution in [-0.2, 0) is 0 Å². The van der Waals surface area contributed by atoms with Gasteiger partial charge in [0, 0.05) is 0 Å². The van der Waals surface area contributed by atoms with Crippen LogP contribution in [0.5, 0.6) is 5.75 Å². The maximum atomic E-state index is 8.74. The van der Waals surface area contributed by atoms with E-state index in [0.717, 1.165) is 15.2 Å². The molecule has 1 N–H and O–H groups in total. The van der Waals surface area contributed by atoms with E-state index >= 15 is 0 Å². The van der Waals surface area contributed by atoms with Gasteiger partial charge in [-0.2, -0.15) is 0 Å². The van der Waals surface area contributed by atoms with Gasteiger partial charge in [-0.1, -0.05) is 42.5 Å². The average molecular weight is 326 g/mol. The van der Waals surface area contributed by atoms with Crippen LogP contribution >= 0.6 is 15.9 Å². The molecular weight excluding hydrogens is 315 g/mol. The average Bonchev–Trinajstić information content (AvgIpc) is 2.49. The Kier molecular flexibility index (Phi) is 3.76. The van der Waals surface area contributed by atoms with Crippen molar-refractivity contribution in [1.82, 2.24) is 0 Å². The van der Waals surface area contributed by atoms with Crippen LogP contribution in [0.15, 0.2) is 65.1 Å². The topological polar surface area (TPSA) is 29.5 Å². The molecule has 0 spiro atoms. The third-order valence-electron chi connectivity index (χ3n) is 3.18. The number of halogens is 1. The molecule has 2 nitrogen and oxygen atoms in total. The molecule has 0 unspecified atom stereocenters. The number of rotatable bonds is 3. The van der Waals surface area contributed by atoms with Gasteiger partial charge in [0.05, 0.1) is 4.47 Å². The lowest BCUT2D eigenvalue weighted by Gasteiger charge is -2.09. The highest BCUT2D eigenvalue weighted by atomic mass is 79.9. The van der Waals surface area contributed by atoms with Gasteiger partial charge in [0.1, 0.15) is 5.75 Å². The first-order valence-corrected chi connectivity index (χ1v) is 6.98. The quantitative estimate of drug-likeness (QED) is 0.732. The van der Waals surface area contributed by atoms with E-state index in [-0.39, 0.29) is 0 Å². The van der Waals surface area contributed by atoms with Crippen LogP contribution in [0.3, 0.4) is 0 Å². The first-order valence-electron chi connectivity index (χ1n) is 6.19. The number of benzene rings is 3. The standard InChI is InChI=1S/C16H11BBrO2/c18-15-9-14-8-12(11-4-2-1-3-5-11)6-7-13(14)10-16(15)20-17-19/h1-10,19H. The highest BCUT2D eigenvalue weighted by Gasteiger charge is 2.06. The second-order valence-electron chi connectivity index (χ2n) is 4.43. The predicted molar refractivity (Wildman–Crippen MR) is 85.7 cm³/mol. The maximum Gasteiger partial charge on any atom is 0.569 e. The van der Waals surface area contributed by atoms with Crippen molar-refractivity contribution in [2.24, 2.45) is 0 Å². The summed E-state index contributed by atoms with van der Waals surface area (Å²) in [5, 5.41) is 10.9. The molecule has 0 saturated heterocycles. The molecule has 0 aliphatic rings. The third-order valence-corrected chi connectivity index (χ3v) is 3.80. The third kappa shape index (κ3) is 2.57. The summed E-state index contributed by atoms with van der Waals surface area (Å²) in [7, 11) is 0.685. The Bertz CT molecular complexity index is 744. The minimum Gasteiger partial charge on any atom is -0.537 e. The van der Waals surface area contributed by atoms with Crippen LogP contribution in [0.2, 0.25) is 0 Å². The second kappa shape index (κ2) is 5.69. The molecule has 0 saturated carbocycles. The number of fused-ring (bicyclic) bond motifs is 1. The van der Waals surface area contributed by atoms with Crippen LogP contribution < -0.4 is 4.65 Å². The molecule has 3 aromatic rings. The summed E-state index contributed by atoms with van der Waals surface area (Å²) >= 11 is 3.44. The normalized spacial score (nSPS) is 10.5. The van der Waals surface area contributed by atoms with Crippen molar-refractivity contribution in [3.05, 3.63) is 65.1 Å². The van der Waals surface area contributed by atoms with Crippen LogP contribution in [0.1, 0.15) is 0 Å². The molecule has 0 fully saturated rings. The molecular formula is C16H11BBrO2. The summed E-state index contributed by atoms with van der Waals surface area (Å²) in [4.78, 5) is 0. The van der Waals surface area contributed by atoms with Gasteiger partial charge in [-0.15, -0.1) is 0 Å². The fourth-order valence-corrected chi connectivity index (χ4v) is 2.66. The smallest absolute Gasteiger partial charge is 0.537 e. The van der Waals surface area contributed by atoms with E-state index in [1.165, 1.54) is 11.1 Å². The predicted octanol–water partition coefficient (Wildman–Crippen LogP) is 4.17. The monoisotopic (exact) mass is 325 g/mol. The highest BCUT2D eigenvalue weighted by molar-refractivity contribution is 9.10.